The molecule has 2 aromatic carbocycles. The molecule has 0 heterocycles. The average molecular weight is 422 g/mol. The Bertz CT molecular complexity index is 857. The van der Waals surface area contributed by atoms with Crippen molar-refractivity contribution in [2.24, 2.45) is 0 Å². The molecule has 164 valence electrons. The molecule has 0 aliphatic rings. The van der Waals surface area contributed by atoms with Gasteiger partial charge in [-0.25, -0.2) is 4.79 Å². The van der Waals surface area contributed by atoms with Crippen LogP contribution in [0.5, 0.6) is 5.75 Å². The van der Waals surface area contributed by atoms with Crippen LogP contribution in [0.1, 0.15) is 18.1 Å². The normalized spacial score (nSPS) is 11.9. The second kappa shape index (κ2) is 14.0. The van der Waals surface area contributed by atoms with Gasteiger partial charge in [0, 0.05) is 12.1 Å². The van der Waals surface area contributed by atoms with E-state index in [2.05, 4.69) is 29.0 Å². The second-order valence-electron chi connectivity index (χ2n) is 7.09. The monoisotopic (exact) mass is 421 g/mol. The predicted molar refractivity (Wildman–Crippen MR) is 123 cm³/mol. The minimum absolute atomic E-state index is 0.138. The van der Waals surface area contributed by atoms with Gasteiger partial charge in [-0.05, 0) is 49.7 Å². The van der Waals surface area contributed by atoms with Crippen LogP contribution in [0, 0.1) is 12.3 Å². The topological polar surface area (TPSA) is 48.0 Å². The van der Waals surface area contributed by atoms with Crippen molar-refractivity contribution in [3.63, 3.8) is 0 Å². The first-order chi connectivity index (χ1) is 15.1. The Morgan fingerprint density at radius 3 is 2.68 bits per heavy atom. The molecule has 0 N–H and O–H groups in total. The van der Waals surface area contributed by atoms with Gasteiger partial charge < -0.3 is 14.2 Å². The fraction of sp³-hybridized carbons (Fsp3) is 0.346. The van der Waals surface area contributed by atoms with Crippen LogP contribution in [0.15, 0.2) is 66.7 Å². The van der Waals surface area contributed by atoms with Crippen LogP contribution in [-0.4, -0.2) is 50.3 Å². The zero-order valence-electron chi connectivity index (χ0n) is 18.3. The van der Waals surface area contributed by atoms with E-state index in [1.807, 2.05) is 43.4 Å². The summed E-state index contributed by atoms with van der Waals surface area (Å²) in [6, 6.07) is 18.2. The third-order valence-electron chi connectivity index (χ3n) is 4.64. The van der Waals surface area contributed by atoms with Crippen molar-refractivity contribution in [1.29, 1.82) is 0 Å². The maximum atomic E-state index is 11.3. The summed E-state index contributed by atoms with van der Waals surface area (Å²) in [7, 11) is 2.01. The van der Waals surface area contributed by atoms with Crippen LogP contribution >= 0.6 is 0 Å². The van der Waals surface area contributed by atoms with Crippen molar-refractivity contribution >= 4 is 5.97 Å². The van der Waals surface area contributed by atoms with Gasteiger partial charge in [0.25, 0.3) is 0 Å². The third kappa shape index (κ3) is 9.52. The molecule has 2 rings (SSSR count). The molecular weight excluding hydrogens is 390 g/mol. The summed E-state index contributed by atoms with van der Waals surface area (Å²) < 4.78 is 16.6. The lowest BCUT2D eigenvalue weighted by Gasteiger charge is -2.26. The Labute approximate surface area is 185 Å². The largest absolute Gasteiger partial charge is 0.490 e. The molecule has 1 atom stereocenters. The first-order valence-electron chi connectivity index (χ1n) is 10.4. The van der Waals surface area contributed by atoms with Crippen molar-refractivity contribution in [2.75, 3.05) is 33.4 Å². The Morgan fingerprint density at radius 1 is 1.16 bits per heavy atom. The Balaban J connectivity index is 1.92. The number of esters is 1. The van der Waals surface area contributed by atoms with Crippen molar-refractivity contribution in [1.82, 2.24) is 4.90 Å². The fourth-order valence-corrected chi connectivity index (χ4v) is 3.02. The maximum absolute atomic E-state index is 11.3. The Kier molecular flexibility index (Phi) is 10.9. The average Bonchev–Trinajstić information content (AvgIpc) is 2.77. The molecule has 0 saturated carbocycles. The molecule has 5 nitrogen and oxygen atoms in total. The smallest absolute Gasteiger partial charge is 0.330 e. The zero-order valence-corrected chi connectivity index (χ0v) is 18.3. The number of likely N-dealkylation sites (N-methyl/N-ethyl adjacent to an activating group) is 1. The number of carbonyl (C=O) groups is 1. The molecule has 0 fully saturated rings. The van der Waals surface area contributed by atoms with Crippen molar-refractivity contribution < 1.29 is 19.0 Å². The van der Waals surface area contributed by atoms with E-state index in [-0.39, 0.29) is 12.0 Å². The van der Waals surface area contributed by atoms with Crippen LogP contribution in [0.3, 0.4) is 0 Å². The van der Waals surface area contributed by atoms with Gasteiger partial charge in [0.15, 0.2) is 0 Å². The number of nitrogens with zero attached hydrogens (tertiary/aromatic N) is 1. The van der Waals surface area contributed by atoms with Gasteiger partial charge in [0.1, 0.15) is 12.4 Å². The van der Waals surface area contributed by atoms with Crippen LogP contribution in [0.2, 0.25) is 0 Å². The molecule has 2 aromatic rings. The van der Waals surface area contributed by atoms with Gasteiger partial charge in [-0.2, -0.15) is 0 Å². The summed E-state index contributed by atoms with van der Waals surface area (Å²) in [5.74, 6) is 3.08. The van der Waals surface area contributed by atoms with Crippen LogP contribution < -0.4 is 4.74 Å². The highest BCUT2D eigenvalue weighted by atomic mass is 16.5. The van der Waals surface area contributed by atoms with Gasteiger partial charge in [0.2, 0.25) is 0 Å². The molecule has 0 spiro atoms. The number of ether oxygens (including phenoxy) is 3. The van der Waals surface area contributed by atoms with E-state index >= 15 is 0 Å². The maximum Gasteiger partial charge on any atom is 0.330 e. The van der Waals surface area contributed by atoms with Crippen molar-refractivity contribution in [2.45, 2.75) is 26.0 Å². The Morgan fingerprint density at radius 2 is 1.94 bits per heavy atom. The first-order valence-corrected chi connectivity index (χ1v) is 10.4. The summed E-state index contributed by atoms with van der Waals surface area (Å²) in [5, 5.41) is 0. The summed E-state index contributed by atoms with van der Waals surface area (Å²) in [4.78, 5) is 13.5. The van der Waals surface area contributed by atoms with E-state index in [9.17, 15) is 4.79 Å². The highest BCUT2D eigenvalue weighted by Gasteiger charge is 2.16. The number of rotatable bonds is 13. The van der Waals surface area contributed by atoms with Gasteiger partial charge in [0.05, 0.1) is 26.4 Å². The number of benzene rings is 2. The molecule has 0 radical (unpaired) electrons. The Hall–Kier alpha value is -3.07. The number of terminal acetylenes is 1. The van der Waals surface area contributed by atoms with Crippen LogP contribution in [-0.2, 0) is 27.3 Å². The van der Waals surface area contributed by atoms with E-state index in [0.717, 1.165) is 23.3 Å². The third-order valence-corrected chi connectivity index (χ3v) is 4.64. The number of hydrogen-bond donors (Lipinski definition) is 0. The molecule has 0 amide bonds. The standard InChI is InChI=1S/C26H31NO4/c1-4-16-27(3)24(21-29-20-22-11-7-6-8-12-22)18-23-13-9-14-25(19-23)31-17-10-15-26(28)30-5-2/h1,6-15,19,24H,5,16-18,20-21H2,2-3H3/b15-10+/t24-/m0/s1. The highest BCUT2D eigenvalue weighted by Crippen LogP contribution is 2.17. The van der Waals surface area contributed by atoms with E-state index < -0.39 is 0 Å². The highest BCUT2D eigenvalue weighted by molar-refractivity contribution is 5.81. The number of hydrogen-bond acceptors (Lipinski definition) is 5. The van der Waals surface area contributed by atoms with Gasteiger partial charge in [-0.1, -0.05) is 48.4 Å². The molecule has 0 unspecified atom stereocenters. The summed E-state index contributed by atoms with van der Waals surface area (Å²) in [6.07, 6.45) is 9.32. The molecule has 0 saturated heterocycles. The lowest BCUT2D eigenvalue weighted by molar-refractivity contribution is -0.137. The second-order valence-corrected chi connectivity index (χ2v) is 7.09. The molecular formula is C26H31NO4. The van der Waals surface area contributed by atoms with E-state index in [0.29, 0.717) is 33.0 Å². The predicted octanol–water partition coefficient (Wildman–Crippen LogP) is 3.88. The van der Waals surface area contributed by atoms with Crippen molar-refractivity contribution in [3.05, 3.63) is 77.9 Å². The number of carbonyl (C=O) groups excluding carboxylic acids is 1. The van der Waals surface area contributed by atoms with Gasteiger partial charge in [-0.15, -0.1) is 6.42 Å². The SMILES string of the molecule is C#CCN(C)[C@H](COCc1ccccc1)Cc1cccc(OC/C=C/C(=O)OCC)c1. The van der Waals surface area contributed by atoms with Crippen LogP contribution in [0.25, 0.3) is 0 Å². The van der Waals surface area contributed by atoms with E-state index in [1.54, 1.807) is 13.0 Å². The van der Waals surface area contributed by atoms with Gasteiger partial charge in [-0.3, -0.25) is 4.90 Å². The van der Waals surface area contributed by atoms with E-state index in [1.165, 1.54) is 6.08 Å². The molecule has 0 bridgehead atoms. The summed E-state index contributed by atoms with van der Waals surface area (Å²) in [6.45, 7) is 4.11. The molecule has 0 aromatic heterocycles. The lowest BCUT2D eigenvalue weighted by atomic mass is 10.0. The molecule has 0 aliphatic carbocycles. The zero-order chi connectivity index (χ0) is 22.3. The molecule has 31 heavy (non-hydrogen) atoms. The quantitative estimate of drug-likeness (QED) is 0.279. The van der Waals surface area contributed by atoms with Crippen LogP contribution in [0.4, 0.5) is 0 Å². The lowest BCUT2D eigenvalue weighted by Crippen LogP contribution is -2.37. The van der Waals surface area contributed by atoms with Gasteiger partial charge >= 0.3 is 5.97 Å². The minimum atomic E-state index is -0.366. The molecule has 5 heteroatoms. The summed E-state index contributed by atoms with van der Waals surface area (Å²) >= 11 is 0. The van der Waals surface area contributed by atoms with Crippen molar-refractivity contribution in [3.8, 4) is 18.1 Å². The fourth-order valence-electron chi connectivity index (χ4n) is 3.02. The van der Waals surface area contributed by atoms with E-state index in [4.69, 9.17) is 20.6 Å². The summed E-state index contributed by atoms with van der Waals surface area (Å²) in [5.41, 5.74) is 2.27. The molecule has 0 aliphatic heterocycles. The first kappa shape index (κ1) is 24.2. The minimum Gasteiger partial charge on any atom is -0.490 e.